The van der Waals surface area contributed by atoms with Crippen molar-refractivity contribution in [3.8, 4) is 11.3 Å². The lowest BCUT2D eigenvalue weighted by Gasteiger charge is -2.22. The number of nitrogens with zero attached hydrogens (tertiary/aromatic N) is 1. The van der Waals surface area contributed by atoms with E-state index in [-0.39, 0.29) is 18.0 Å². The van der Waals surface area contributed by atoms with Gasteiger partial charge in [0.2, 0.25) is 5.91 Å². The van der Waals surface area contributed by atoms with Gasteiger partial charge in [-0.3, -0.25) is 4.79 Å². The molecule has 0 atom stereocenters. The van der Waals surface area contributed by atoms with Crippen LogP contribution >= 0.6 is 11.3 Å². The van der Waals surface area contributed by atoms with E-state index in [0.29, 0.717) is 19.5 Å². The van der Waals surface area contributed by atoms with E-state index in [1.807, 2.05) is 6.92 Å². The zero-order chi connectivity index (χ0) is 20.5. The molecule has 1 saturated carbocycles. The number of carbonyl (C=O) groups is 2. The Bertz CT molecular complexity index is 797. The number of urea groups is 1. The van der Waals surface area contributed by atoms with Gasteiger partial charge in [0, 0.05) is 36.5 Å². The number of rotatable bonds is 8. The van der Waals surface area contributed by atoms with E-state index in [4.69, 9.17) is 0 Å². The van der Waals surface area contributed by atoms with Crippen LogP contribution in [0.15, 0.2) is 29.6 Å². The van der Waals surface area contributed by atoms with E-state index >= 15 is 0 Å². The molecule has 1 aliphatic rings. The lowest BCUT2D eigenvalue weighted by Crippen LogP contribution is -2.43. The summed E-state index contributed by atoms with van der Waals surface area (Å²) in [5.74, 6) is -0.0439. The fourth-order valence-corrected chi connectivity index (χ4v) is 4.17. The van der Waals surface area contributed by atoms with Crippen LogP contribution in [0.2, 0.25) is 0 Å². The van der Waals surface area contributed by atoms with Crippen molar-refractivity contribution in [3.05, 3.63) is 40.2 Å². The zero-order valence-electron chi connectivity index (χ0n) is 17.0. The largest absolute Gasteiger partial charge is 0.356 e. The van der Waals surface area contributed by atoms with Gasteiger partial charge in [0.05, 0.1) is 10.7 Å². The molecular formula is C22H30N4O2S. The summed E-state index contributed by atoms with van der Waals surface area (Å²) in [4.78, 5) is 28.3. The third kappa shape index (κ3) is 7.16. The minimum absolute atomic E-state index is 0.0439. The quantitative estimate of drug-likeness (QED) is 0.614. The van der Waals surface area contributed by atoms with Crippen LogP contribution < -0.4 is 16.0 Å². The molecular weight excluding hydrogens is 384 g/mol. The summed E-state index contributed by atoms with van der Waals surface area (Å²) in [5.41, 5.74) is 3.29. The predicted octanol–water partition coefficient (Wildman–Crippen LogP) is 3.80. The number of aryl methyl sites for hydroxylation is 1. The van der Waals surface area contributed by atoms with Crippen molar-refractivity contribution >= 4 is 23.3 Å². The zero-order valence-corrected chi connectivity index (χ0v) is 17.8. The highest BCUT2D eigenvalue weighted by atomic mass is 32.1. The molecule has 1 fully saturated rings. The number of benzene rings is 1. The van der Waals surface area contributed by atoms with Crippen molar-refractivity contribution in [1.82, 2.24) is 20.9 Å². The van der Waals surface area contributed by atoms with Crippen molar-refractivity contribution in [3.63, 3.8) is 0 Å². The van der Waals surface area contributed by atoms with Crippen LogP contribution in [0.4, 0.5) is 4.79 Å². The first-order valence-corrected chi connectivity index (χ1v) is 11.3. The Morgan fingerprint density at radius 1 is 1.07 bits per heavy atom. The Balaban J connectivity index is 1.29. The molecule has 1 aromatic heterocycles. The Morgan fingerprint density at radius 3 is 2.52 bits per heavy atom. The standard InChI is InChI=1S/C22H30N4O2S/c1-16-25-20(15-29-16)18-9-7-17(8-10-18)11-13-23-21(27)12-14-24-22(28)26-19-5-3-2-4-6-19/h7-10,15,19H,2-6,11-14H2,1H3,(H,23,27)(H2,24,26,28). The van der Waals surface area contributed by atoms with Gasteiger partial charge in [-0.25, -0.2) is 9.78 Å². The van der Waals surface area contributed by atoms with E-state index in [1.54, 1.807) is 11.3 Å². The summed E-state index contributed by atoms with van der Waals surface area (Å²) in [5, 5.41) is 11.8. The minimum atomic E-state index is -0.167. The Morgan fingerprint density at radius 2 is 1.83 bits per heavy atom. The molecule has 0 spiro atoms. The van der Waals surface area contributed by atoms with Crippen LogP contribution in [0.25, 0.3) is 11.3 Å². The van der Waals surface area contributed by atoms with E-state index in [1.165, 1.54) is 24.8 Å². The number of nitrogens with one attached hydrogen (secondary N) is 3. The van der Waals surface area contributed by atoms with Gasteiger partial charge in [0.15, 0.2) is 0 Å². The van der Waals surface area contributed by atoms with Gasteiger partial charge in [-0.2, -0.15) is 0 Å². The molecule has 1 aliphatic carbocycles. The first kappa shape index (κ1) is 21.3. The summed E-state index contributed by atoms with van der Waals surface area (Å²) >= 11 is 1.65. The topological polar surface area (TPSA) is 83.1 Å². The summed E-state index contributed by atoms with van der Waals surface area (Å²) in [7, 11) is 0. The average Bonchev–Trinajstić information content (AvgIpc) is 3.15. The van der Waals surface area contributed by atoms with Crippen LogP contribution in [0.1, 0.15) is 49.1 Å². The van der Waals surface area contributed by atoms with Crippen LogP contribution in [0, 0.1) is 6.92 Å². The summed E-state index contributed by atoms with van der Waals surface area (Å²) in [6, 6.07) is 8.41. The van der Waals surface area contributed by atoms with Gasteiger partial charge in [0.1, 0.15) is 0 Å². The summed E-state index contributed by atoms with van der Waals surface area (Å²) in [6.07, 6.45) is 6.80. The van der Waals surface area contributed by atoms with Gasteiger partial charge in [0.25, 0.3) is 0 Å². The fraction of sp³-hybridized carbons (Fsp3) is 0.500. The maximum absolute atomic E-state index is 12.0. The van der Waals surface area contributed by atoms with E-state index < -0.39 is 0 Å². The summed E-state index contributed by atoms with van der Waals surface area (Å²) in [6.45, 7) is 2.94. The highest BCUT2D eigenvalue weighted by Gasteiger charge is 2.15. The molecule has 7 heteroatoms. The molecule has 2 aromatic rings. The lowest BCUT2D eigenvalue weighted by atomic mass is 9.96. The second-order valence-electron chi connectivity index (χ2n) is 7.53. The van der Waals surface area contributed by atoms with Gasteiger partial charge in [-0.15, -0.1) is 11.3 Å². The smallest absolute Gasteiger partial charge is 0.315 e. The molecule has 1 heterocycles. The van der Waals surface area contributed by atoms with Crippen molar-refractivity contribution in [2.24, 2.45) is 0 Å². The predicted molar refractivity (Wildman–Crippen MR) is 117 cm³/mol. The highest BCUT2D eigenvalue weighted by molar-refractivity contribution is 7.09. The average molecular weight is 415 g/mol. The number of carbonyl (C=O) groups excluding carboxylic acids is 2. The number of thiazole rings is 1. The van der Waals surface area contributed by atoms with Crippen LogP contribution in [0.5, 0.6) is 0 Å². The van der Waals surface area contributed by atoms with Crippen LogP contribution in [0.3, 0.4) is 0 Å². The fourth-order valence-electron chi connectivity index (χ4n) is 3.55. The third-order valence-corrected chi connectivity index (χ3v) is 5.96. The van der Waals surface area contributed by atoms with Gasteiger partial charge in [-0.1, -0.05) is 43.5 Å². The van der Waals surface area contributed by atoms with Gasteiger partial charge in [-0.05, 0) is 31.7 Å². The molecule has 6 nitrogen and oxygen atoms in total. The third-order valence-electron chi connectivity index (χ3n) is 5.18. The molecule has 156 valence electrons. The molecule has 0 bridgehead atoms. The van der Waals surface area contributed by atoms with E-state index in [9.17, 15) is 9.59 Å². The molecule has 3 N–H and O–H groups in total. The molecule has 0 aliphatic heterocycles. The first-order chi connectivity index (χ1) is 14.1. The van der Waals surface area contributed by atoms with Crippen molar-refractivity contribution in [1.29, 1.82) is 0 Å². The van der Waals surface area contributed by atoms with Gasteiger partial charge >= 0.3 is 6.03 Å². The number of aromatic nitrogens is 1. The maximum Gasteiger partial charge on any atom is 0.315 e. The van der Waals surface area contributed by atoms with Crippen molar-refractivity contribution < 1.29 is 9.59 Å². The summed E-state index contributed by atoms with van der Waals surface area (Å²) < 4.78 is 0. The molecule has 1 aromatic carbocycles. The Hall–Kier alpha value is -2.41. The molecule has 3 amide bonds. The van der Waals surface area contributed by atoms with Crippen LogP contribution in [-0.4, -0.2) is 36.1 Å². The number of amides is 3. The Labute approximate surface area is 176 Å². The monoisotopic (exact) mass is 414 g/mol. The molecule has 0 unspecified atom stereocenters. The van der Waals surface area contributed by atoms with Crippen molar-refractivity contribution in [2.75, 3.05) is 13.1 Å². The normalized spacial score (nSPS) is 14.4. The number of hydrogen-bond donors (Lipinski definition) is 3. The van der Waals surface area contributed by atoms with E-state index in [0.717, 1.165) is 35.5 Å². The second-order valence-corrected chi connectivity index (χ2v) is 8.60. The van der Waals surface area contributed by atoms with Crippen molar-refractivity contribution in [2.45, 2.75) is 57.9 Å². The Kier molecular flexibility index (Phi) is 8.04. The number of hydrogen-bond acceptors (Lipinski definition) is 4. The molecule has 0 saturated heterocycles. The lowest BCUT2D eigenvalue weighted by molar-refractivity contribution is -0.120. The molecule has 0 radical (unpaired) electrons. The van der Waals surface area contributed by atoms with Gasteiger partial charge < -0.3 is 16.0 Å². The second kappa shape index (κ2) is 11.0. The highest BCUT2D eigenvalue weighted by Crippen LogP contribution is 2.21. The molecule has 29 heavy (non-hydrogen) atoms. The minimum Gasteiger partial charge on any atom is -0.356 e. The molecule has 3 rings (SSSR count). The SMILES string of the molecule is Cc1nc(-c2ccc(CCNC(=O)CCNC(=O)NC3CCCCC3)cc2)cs1. The maximum atomic E-state index is 12.0. The van der Waals surface area contributed by atoms with Crippen LogP contribution in [-0.2, 0) is 11.2 Å². The first-order valence-electron chi connectivity index (χ1n) is 10.4. The van der Waals surface area contributed by atoms with E-state index in [2.05, 4.69) is 50.6 Å².